The largest absolute Gasteiger partial charge is 0.478 e. The first-order chi connectivity index (χ1) is 8.75. The zero-order valence-electron chi connectivity index (χ0n) is 10.6. The number of carboxylic acid groups (broad SMARTS) is 1. The quantitative estimate of drug-likeness (QED) is 0.828. The van der Waals surface area contributed by atoms with E-state index < -0.39 is 5.97 Å². The number of carboxylic acids is 1. The van der Waals surface area contributed by atoms with E-state index in [4.69, 9.17) is 9.84 Å². The van der Waals surface area contributed by atoms with Crippen molar-refractivity contribution in [3.63, 3.8) is 0 Å². The van der Waals surface area contributed by atoms with E-state index in [9.17, 15) is 4.79 Å². The van der Waals surface area contributed by atoms with Crippen LogP contribution in [-0.2, 0) is 11.3 Å². The van der Waals surface area contributed by atoms with Gasteiger partial charge in [-0.05, 0) is 30.5 Å². The zero-order valence-corrected chi connectivity index (χ0v) is 10.6. The molecular weight excluding hydrogens is 228 g/mol. The maximum Gasteiger partial charge on any atom is 0.335 e. The monoisotopic (exact) mass is 248 g/mol. The van der Waals surface area contributed by atoms with Crippen LogP contribution in [0.25, 0.3) is 0 Å². The molecule has 0 spiro atoms. The second-order valence-electron chi connectivity index (χ2n) is 4.93. The van der Waals surface area contributed by atoms with Crippen molar-refractivity contribution in [2.75, 3.05) is 0 Å². The number of hydrogen-bond donors (Lipinski definition) is 1. The van der Waals surface area contributed by atoms with Crippen LogP contribution in [0, 0.1) is 0 Å². The Morgan fingerprint density at radius 1 is 1.11 bits per heavy atom. The molecule has 0 saturated heterocycles. The maximum absolute atomic E-state index is 10.7. The first kappa shape index (κ1) is 13.1. The normalized spacial score (nSPS) is 17.3. The van der Waals surface area contributed by atoms with Gasteiger partial charge in [0.05, 0.1) is 18.3 Å². The third-order valence-electron chi connectivity index (χ3n) is 3.49. The van der Waals surface area contributed by atoms with E-state index in [1.54, 1.807) is 12.1 Å². The van der Waals surface area contributed by atoms with Crippen molar-refractivity contribution in [2.45, 2.75) is 51.2 Å². The van der Waals surface area contributed by atoms with Crippen molar-refractivity contribution >= 4 is 5.97 Å². The predicted octanol–water partition coefficient (Wildman–Crippen LogP) is 3.62. The van der Waals surface area contributed by atoms with Gasteiger partial charge in [-0.2, -0.15) is 0 Å². The van der Waals surface area contributed by atoms with Gasteiger partial charge in [-0.3, -0.25) is 0 Å². The molecule has 0 bridgehead atoms. The Morgan fingerprint density at radius 2 is 1.72 bits per heavy atom. The van der Waals surface area contributed by atoms with Gasteiger partial charge in [-0.25, -0.2) is 4.79 Å². The Balaban J connectivity index is 1.83. The maximum atomic E-state index is 10.7. The van der Waals surface area contributed by atoms with E-state index in [0.717, 1.165) is 18.4 Å². The van der Waals surface area contributed by atoms with E-state index in [0.29, 0.717) is 18.3 Å². The number of rotatable bonds is 4. The fraction of sp³-hybridized carbons (Fsp3) is 0.533. The predicted molar refractivity (Wildman–Crippen MR) is 69.7 cm³/mol. The number of hydrogen-bond acceptors (Lipinski definition) is 2. The van der Waals surface area contributed by atoms with Crippen LogP contribution in [0.15, 0.2) is 24.3 Å². The summed E-state index contributed by atoms with van der Waals surface area (Å²) in [5.74, 6) is -0.883. The van der Waals surface area contributed by atoms with Crippen molar-refractivity contribution in [3.8, 4) is 0 Å². The summed E-state index contributed by atoms with van der Waals surface area (Å²) < 4.78 is 5.90. The summed E-state index contributed by atoms with van der Waals surface area (Å²) in [6.45, 7) is 0.588. The Labute approximate surface area is 108 Å². The number of ether oxygens (including phenoxy) is 1. The van der Waals surface area contributed by atoms with Crippen molar-refractivity contribution in [1.29, 1.82) is 0 Å². The topological polar surface area (TPSA) is 46.5 Å². The summed E-state index contributed by atoms with van der Waals surface area (Å²) in [6, 6.07) is 6.93. The fourth-order valence-corrected chi connectivity index (χ4v) is 2.37. The number of benzene rings is 1. The Morgan fingerprint density at radius 3 is 2.28 bits per heavy atom. The summed E-state index contributed by atoms with van der Waals surface area (Å²) in [5, 5.41) is 8.81. The van der Waals surface area contributed by atoms with E-state index in [2.05, 4.69) is 0 Å². The van der Waals surface area contributed by atoms with Crippen LogP contribution in [0.5, 0.6) is 0 Å². The van der Waals surface area contributed by atoms with E-state index in [1.165, 1.54) is 25.7 Å². The molecule has 18 heavy (non-hydrogen) atoms. The molecule has 3 heteroatoms. The summed E-state index contributed by atoms with van der Waals surface area (Å²) in [6.07, 6.45) is 7.89. The van der Waals surface area contributed by atoms with E-state index in [-0.39, 0.29) is 0 Å². The molecule has 1 fully saturated rings. The molecule has 1 aromatic carbocycles. The van der Waals surface area contributed by atoms with Crippen molar-refractivity contribution in [3.05, 3.63) is 35.4 Å². The highest BCUT2D eigenvalue weighted by Gasteiger charge is 2.12. The van der Waals surface area contributed by atoms with Crippen LogP contribution in [-0.4, -0.2) is 17.2 Å². The second kappa shape index (κ2) is 6.55. The minimum Gasteiger partial charge on any atom is -0.478 e. The third kappa shape index (κ3) is 3.84. The van der Waals surface area contributed by atoms with Crippen LogP contribution < -0.4 is 0 Å². The van der Waals surface area contributed by atoms with Gasteiger partial charge in [0.25, 0.3) is 0 Å². The van der Waals surface area contributed by atoms with Gasteiger partial charge in [0.2, 0.25) is 0 Å². The Kier molecular flexibility index (Phi) is 4.76. The molecular formula is C15H20O3. The number of carbonyl (C=O) groups is 1. The molecule has 0 unspecified atom stereocenters. The van der Waals surface area contributed by atoms with Gasteiger partial charge >= 0.3 is 5.97 Å². The summed E-state index contributed by atoms with van der Waals surface area (Å²) >= 11 is 0. The van der Waals surface area contributed by atoms with Crippen LogP contribution in [0.4, 0.5) is 0 Å². The first-order valence-electron chi connectivity index (χ1n) is 6.69. The van der Waals surface area contributed by atoms with Crippen LogP contribution in [0.3, 0.4) is 0 Å². The molecule has 1 aliphatic rings. The van der Waals surface area contributed by atoms with Gasteiger partial charge in [-0.1, -0.05) is 37.8 Å². The lowest BCUT2D eigenvalue weighted by atomic mass is 10.1. The van der Waals surface area contributed by atoms with Crippen molar-refractivity contribution in [1.82, 2.24) is 0 Å². The van der Waals surface area contributed by atoms with Gasteiger partial charge in [0, 0.05) is 0 Å². The van der Waals surface area contributed by atoms with Gasteiger partial charge in [-0.15, -0.1) is 0 Å². The van der Waals surface area contributed by atoms with Gasteiger partial charge in [0.15, 0.2) is 0 Å². The van der Waals surface area contributed by atoms with Crippen LogP contribution >= 0.6 is 0 Å². The molecule has 1 saturated carbocycles. The fourth-order valence-electron chi connectivity index (χ4n) is 2.37. The molecule has 0 radical (unpaired) electrons. The standard InChI is InChI=1S/C15H20O3/c16-15(17)13-9-7-12(8-10-13)11-18-14-5-3-1-2-4-6-14/h7-10,14H,1-6,11H2,(H,16,17). The van der Waals surface area contributed by atoms with E-state index >= 15 is 0 Å². The third-order valence-corrected chi connectivity index (χ3v) is 3.49. The lowest BCUT2D eigenvalue weighted by Gasteiger charge is -2.15. The van der Waals surface area contributed by atoms with Gasteiger partial charge < -0.3 is 9.84 Å². The minimum absolute atomic E-state index is 0.327. The lowest BCUT2D eigenvalue weighted by molar-refractivity contribution is 0.0309. The molecule has 1 N–H and O–H groups in total. The highest BCUT2D eigenvalue weighted by atomic mass is 16.5. The summed E-state index contributed by atoms with van der Waals surface area (Å²) in [7, 11) is 0. The SMILES string of the molecule is O=C(O)c1ccc(COC2CCCCCC2)cc1. The lowest BCUT2D eigenvalue weighted by Crippen LogP contribution is -2.11. The van der Waals surface area contributed by atoms with E-state index in [1.807, 2.05) is 12.1 Å². The molecule has 1 aromatic rings. The minimum atomic E-state index is -0.883. The molecule has 0 atom stereocenters. The molecule has 0 aromatic heterocycles. The molecule has 1 aliphatic carbocycles. The Hall–Kier alpha value is -1.35. The molecule has 0 aliphatic heterocycles. The van der Waals surface area contributed by atoms with Gasteiger partial charge in [0.1, 0.15) is 0 Å². The van der Waals surface area contributed by atoms with Crippen LogP contribution in [0.1, 0.15) is 54.4 Å². The second-order valence-corrected chi connectivity index (χ2v) is 4.93. The van der Waals surface area contributed by atoms with Crippen molar-refractivity contribution in [2.24, 2.45) is 0 Å². The molecule has 3 nitrogen and oxygen atoms in total. The highest BCUT2D eigenvalue weighted by Crippen LogP contribution is 2.20. The highest BCUT2D eigenvalue weighted by molar-refractivity contribution is 5.87. The van der Waals surface area contributed by atoms with Crippen molar-refractivity contribution < 1.29 is 14.6 Å². The first-order valence-corrected chi connectivity index (χ1v) is 6.69. The zero-order chi connectivity index (χ0) is 12.8. The molecule has 0 heterocycles. The summed E-state index contributed by atoms with van der Waals surface area (Å²) in [4.78, 5) is 10.7. The number of aromatic carboxylic acids is 1. The average Bonchev–Trinajstić information content (AvgIpc) is 2.65. The molecule has 2 rings (SSSR count). The molecule has 98 valence electrons. The smallest absolute Gasteiger partial charge is 0.335 e. The van der Waals surface area contributed by atoms with Crippen LogP contribution in [0.2, 0.25) is 0 Å². The molecule has 0 amide bonds. The average molecular weight is 248 g/mol. The Bertz CT molecular complexity index is 375. The summed E-state index contributed by atoms with van der Waals surface area (Å²) in [5.41, 5.74) is 1.37.